The molecule has 0 aliphatic rings. The Morgan fingerprint density at radius 3 is 2.28 bits per heavy atom. The van der Waals surface area contributed by atoms with Crippen LogP contribution >= 0.6 is 0 Å². The predicted molar refractivity (Wildman–Crippen MR) is 77.4 cm³/mol. The van der Waals surface area contributed by atoms with Crippen molar-refractivity contribution in [2.45, 2.75) is 19.0 Å². The molecule has 25 heavy (non-hydrogen) atoms. The molecule has 7 nitrogen and oxygen atoms in total. The molecule has 10 heteroatoms. The fourth-order valence-corrected chi connectivity index (χ4v) is 1.85. The van der Waals surface area contributed by atoms with Gasteiger partial charge >= 0.3 is 12.1 Å². The summed E-state index contributed by atoms with van der Waals surface area (Å²) in [5, 5.41) is 5.55. The molecule has 0 unspecified atom stereocenters. The van der Waals surface area contributed by atoms with E-state index in [1.165, 1.54) is 31.3 Å². The van der Waals surface area contributed by atoms with Gasteiger partial charge in [-0.3, -0.25) is 14.4 Å². The SMILES string of the molecule is CNC(=O)CCC(=O)C(=O)c1ccc(-c2noc(C(F)(F)F)n2)cc1. The van der Waals surface area contributed by atoms with Crippen molar-refractivity contribution in [1.29, 1.82) is 0 Å². The molecule has 1 aromatic carbocycles. The number of nitrogens with one attached hydrogen (secondary N) is 1. The van der Waals surface area contributed by atoms with Crippen molar-refractivity contribution in [3.63, 3.8) is 0 Å². The minimum absolute atomic E-state index is 0.0465. The molecule has 0 saturated carbocycles. The minimum Gasteiger partial charge on any atom is -0.359 e. The number of benzene rings is 1. The number of halogens is 3. The highest BCUT2D eigenvalue weighted by atomic mass is 19.4. The molecule has 2 aromatic rings. The standard InChI is InChI=1S/C15H12F3N3O4/c1-19-11(23)7-6-10(22)12(24)8-2-4-9(5-3-8)13-20-14(25-21-13)15(16,17)18/h2-5H,6-7H2,1H3,(H,19,23). The third-order valence-corrected chi connectivity index (χ3v) is 3.19. The first-order chi connectivity index (χ1) is 11.7. The van der Waals surface area contributed by atoms with Gasteiger partial charge < -0.3 is 9.84 Å². The normalized spacial score (nSPS) is 11.2. The summed E-state index contributed by atoms with van der Waals surface area (Å²) < 4.78 is 41.4. The van der Waals surface area contributed by atoms with E-state index >= 15 is 0 Å². The average Bonchev–Trinajstić information content (AvgIpc) is 3.09. The molecule has 2 rings (SSSR count). The van der Waals surface area contributed by atoms with Crippen LogP contribution in [0.4, 0.5) is 13.2 Å². The maximum atomic E-state index is 12.4. The molecule has 132 valence electrons. The van der Waals surface area contributed by atoms with Crippen LogP contribution in [0.2, 0.25) is 0 Å². The topological polar surface area (TPSA) is 102 Å². The first-order valence-corrected chi connectivity index (χ1v) is 7.02. The molecular weight excluding hydrogens is 343 g/mol. The summed E-state index contributed by atoms with van der Waals surface area (Å²) in [4.78, 5) is 38.0. The van der Waals surface area contributed by atoms with E-state index in [9.17, 15) is 27.6 Å². The van der Waals surface area contributed by atoms with Crippen molar-refractivity contribution in [3.8, 4) is 11.4 Å². The van der Waals surface area contributed by atoms with Gasteiger partial charge in [0.1, 0.15) is 0 Å². The van der Waals surface area contributed by atoms with Crippen LogP contribution in [0.1, 0.15) is 29.1 Å². The van der Waals surface area contributed by atoms with Crippen LogP contribution in [0.15, 0.2) is 28.8 Å². The van der Waals surface area contributed by atoms with Crippen molar-refractivity contribution >= 4 is 17.5 Å². The van der Waals surface area contributed by atoms with Crippen LogP contribution in [0.5, 0.6) is 0 Å². The number of nitrogens with zero attached hydrogens (tertiary/aromatic N) is 2. The highest BCUT2D eigenvalue weighted by Crippen LogP contribution is 2.29. The van der Waals surface area contributed by atoms with E-state index in [-0.39, 0.29) is 35.7 Å². The molecule has 1 aromatic heterocycles. The summed E-state index contributed by atoms with van der Waals surface area (Å²) in [6.07, 6.45) is -5.10. The fourth-order valence-electron chi connectivity index (χ4n) is 1.85. The molecule has 0 fully saturated rings. The molecular formula is C15H12F3N3O4. The lowest BCUT2D eigenvalue weighted by molar-refractivity contribution is -0.159. The fraction of sp³-hybridized carbons (Fsp3) is 0.267. The van der Waals surface area contributed by atoms with Crippen molar-refractivity contribution in [2.75, 3.05) is 7.05 Å². The summed E-state index contributed by atoms with van der Waals surface area (Å²) >= 11 is 0. The summed E-state index contributed by atoms with van der Waals surface area (Å²) in [5.41, 5.74) is 0.235. The van der Waals surface area contributed by atoms with Crippen LogP contribution in [0.25, 0.3) is 11.4 Å². The molecule has 0 aliphatic heterocycles. The van der Waals surface area contributed by atoms with Gasteiger partial charge in [-0.2, -0.15) is 18.2 Å². The van der Waals surface area contributed by atoms with Crippen LogP contribution in [0.3, 0.4) is 0 Å². The van der Waals surface area contributed by atoms with Gasteiger partial charge in [-0.15, -0.1) is 0 Å². The first kappa shape index (κ1) is 18.3. The summed E-state index contributed by atoms with van der Waals surface area (Å²) in [7, 11) is 1.41. The lowest BCUT2D eigenvalue weighted by atomic mass is 10.0. The van der Waals surface area contributed by atoms with Gasteiger partial charge in [0.2, 0.25) is 23.3 Å². The Hall–Kier alpha value is -3.04. The van der Waals surface area contributed by atoms with E-state index in [1.807, 2.05) is 0 Å². The van der Waals surface area contributed by atoms with Crippen LogP contribution < -0.4 is 5.32 Å². The average molecular weight is 355 g/mol. The monoisotopic (exact) mass is 355 g/mol. The van der Waals surface area contributed by atoms with Gasteiger partial charge in [0, 0.05) is 31.0 Å². The quantitative estimate of drug-likeness (QED) is 0.628. The van der Waals surface area contributed by atoms with Gasteiger partial charge in [0.15, 0.2) is 0 Å². The van der Waals surface area contributed by atoms with Gasteiger partial charge in [-0.25, -0.2) is 0 Å². The maximum Gasteiger partial charge on any atom is 0.471 e. The van der Waals surface area contributed by atoms with Crippen LogP contribution in [-0.4, -0.2) is 34.7 Å². The largest absolute Gasteiger partial charge is 0.471 e. The molecule has 0 radical (unpaired) electrons. The number of hydrogen-bond acceptors (Lipinski definition) is 6. The molecule has 0 saturated heterocycles. The molecule has 1 heterocycles. The van der Waals surface area contributed by atoms with E-state index in [0.29, 0.717) is 0 Å². The molecule has 0 bridgehead atoms. The van der Waals surface area contributed by atoms with Crippen molar-refractivity contribution in [1.82, 2.24) is 15.5 Å². The first-order valence-electron chi connectivity index (χ1n) is 7.02. The number of carbonyl (C=O) groups excluding carboxylic acids is 3. The van der Waals surface area contributed by atoms with Crippen LogP contribution in [-0.2, 0) is 15.8 Å². The summed E-state index contributed by atoms with van der Waals surface area (Å²) in [6.45, 7) is 0. The van der Waals surface area contributed by atoms with Crippen molar-refractivity contribution in [3.05, 3.63) is 35.7 Å². The second-order valence-corrected chi connectivity index (χ2v) is 4.92. The number of Topliss-reactive ketones (excluding diaryl/α,β-unsaturated/α-hetero) is 2. The molecule has 1 N–H and O–H groups in total. The second kappa shape index (κ2) is 7.24. The highest BCUT2D eigenvalue weighted by molar-refractivity contribution is 6.43. The predicted octanol–water partition coefficient (Wildman–Crippen LogP) is 2.03. The zero-order valence-corrected chi connectivity index (χ0v) is 12.9. The number of aromatic nitrogens is 2. The molecule has 0 spiro atoms. The Morgan fingerprint density at radius 2 is 1.76 bits per heavy atom. The number of ketones is 2. The molecule has 1 amide bonds. The zero-order valence-electron chi connectivity index (χ0n) is 12.9. The second-order valence-electron chi connectivity index (χ2n) is 4.92. The smallest absolute Gasteiger partial charge is 0.359 e. The Morgan fingerprint density at radius 1 is 1.12 bits per heavy atom. The van der Waals surface area contributed by atoms with Gasteiger partial charge in [-0.05, 0) is 0 Å². The Kier molecular flexibility index (Phi) is 5.30. The molecule has 0 atom stereocenters. The Balaban J connectivity index is 2.09. The third kappa shape index (κ3) is 4.49. The van der Waals surface area contributed by atoms with Crippen LogP contribution in [0, 0.1) is 0 Å². The Labute approximate surface area is 139 Å². The van der Waals surface area contributed by atoms with E-state index in [4.69, 9.17) is 0 Å². The number of rotatable bonds is 6. The van der Waals surface area contributed by atoms with Crippen molar-refractivity contribution in [2.24, 2.45) is 0 Å². The number of carbonyl (C=O) groups is 3. The van der Waals surface area contributed by atoms with E-state index < -0.39 is 23.6 Å². The van der Waals surface area contributed by atoms with E-state index in [0.717, 1.165) is 0 Å². The lowest BCUT2D eigenvalue weighted by Gasteiger charge is -2.02. The zero-order chi connectivity index (χ0) is 18.6. The number of hydrogen-bond donors (Lipinski definition) is 1. The van der Waals surface area contributed by atoms with Gasteiger partial charge in [-0.1, -0.05) is 29.4 Å². The van der Waals surface area contributed by atoms with E-state index in [1.54, 1.807) is 0 Å². The van der Waals surface area contributed by atoms with Crippen molar-refractivity contribution < 1.29 is 32.1 Å². The van der Waals surface area contributed by atoms with Gasteiger partial charge in [0.05, 0.1) is 0 Å². The number of amides is 1. The summed E-state index contributed by atoms with van der Waals surface area (Å²) in [5.74, 6) is -3.67. The highest BCUT2D eigenvalue weighted by Gasteiger charge is 2.38. The lowest BCUT2D eigenvalue weighted by Crippen LogP contribution is -2.21. The third-order valence-electron chi connectivity index (χ3n) is 3.19. The summed E-state index contributed by atoms with van der Waals surface area (Å²) in [6, 6.07) is 5.12. The Bertz CT molecular complexity index is 797. The minimum atomic E-state index is -4.75. The van der Waals surface area contributed by atoms with Gasteiger partial charge in [0.25, 0.3) is 0 Å². The maximum absolute atomic E-state index is 12.4. The number of alkyl halides is 3. The molecule has 0 aliphatic carbocycles. The van der Waals surface area contributed by atoms with E-state index in [2.05, 4.69) is 20.0 Å².